The second-order valence-electron chi connectivity index (χ2n) is 6.61. The number of aryl methyl sites for hydroxylation is 1. The number of hydrogen-bond donors (Lipinski definition) is 1. The van der Waals surface area contributed by atoms with Crippen molar-refractivity contribution < 1.29 is 14.3 Å². The van der Waals surface area contributed by atoms with Gasteiger partial charge in [-0.25, -0.2) is 9.78 Å². The van der Waals surface area contributed by atoms with Gasteiger partial charge in [0.1, 0.15) is 5.65 Å². The second-order valence-corrected chi connectivity index (χ2v) is 7.46. The van der Waals surface area contributed by atoms with Crippen LogP contribution in [-0.4, -0.2) is 40.8 Å². The van der Waals surface area contributed by atoms with Crippen molar-refractivity contribution in [2.45, 2.75) is 6.42 Å². The fourth-order valence-corrected chi connectivity index (χ4v) is 3.61. The van der Waals surface area contributed by atoms with Crippen LogP contribution in [0.4, 0.5) is 0 Å². The van der Waals surface area contributed by atoms with Crippen LogP contribution in [0.25, 0.3) is 11.0 Å². The van der Waals surface area contributed by atoms with E-state index < -0.39 is 11.2 Å². The third-order valence-corrected chi connectivity index (χ3v) is 5.53. The van der Waals surface area contributed by atoms with Gasteiger partial charge in [-0.05, 0) is 30.2 Å². The lowest BCUT2D eigenvalue weighted by atomic mass is 10.1. The fraction of sp³-hybridized carbons (Fsp3) is 0.300. The average molecular weight is 477 g/mol. The predicted molar refractivity (Wildman–Crippen MR) is 116 cm³/mol. The first-order chi connectivity index (χ1) is 14.3. The first-order valence-electron chi connectivity index (χ1n) is 9.02. The molecule has 0 bridgehead atoms. The summed E-state index contributed by atoms with van der Waals surface area (Å²) in [6.45, 7) is 0.357. The molecule has 0 aliphatic carbocycles. The van der Waals surface area contributed by atoms with Crippen molar-refractivity contribution in [1.82, 2.24) is 19.4 Å². The molecule has 0 fully saturated rings. The minimum Gasteiger partial charge on any atom is -0.493 e. The molecule has 0 saturated heterocycles. The van der Waals surface area contributed by atoms with Crippen molar-refractivity contribution in [1.29, 1.82) is 0 Å². The maximum Gasteiger partial charge on any atom is 0.332 e. The number of carbonyl (C=O) groups excluding carboxylic acids is 1. The minimum absolute atomic E-state index is 0.204. The van der Waals surface area contributed by atoms with Crippen LogP contribution in [0, 0.1) is 0 Å². The van der Waals surface area contributed by atoms with Crippen LogP contribution < -0.4 is 26.0 Å². The van der Waals surface area contributed by atoms with Gasteiger partial charge in [0.25, 0.3) is 11.5 Å². The molecule has 0 saturated carbocycles. The van der Waals surface area contributed by atoms with Crippen molar-refractivity contribution in [3.63, 3.8) is 0 Å². The highest BCUT2D eigenvalue weighted by atomic mass is 79.9. The molecule has 1 amide bonds. The fourth-order valence-electron chi connectivity index (χ4n) is 3.09. The first kappa shape index (κ1) is 21.6. The van der Waals surface area contributed by atoms with Gasteiger partial charge in [0, 0.05) is 31.3 Å². The number of fused-ring (bicyclic) bond motifs is 1. The number of ether oxygens (including phenoxy) is 2. The number of amides is 1. The molecule has 30 heavy (non-hydrogen) atoms. The Morgan fingerprint density at radius 3 is 2.43 bits per heavy atom. The SMILES string of the molecule is COc1cc(Br)c(CCNC(=O)c2cnc3c(c2)c(=O)n(C)c(=O)n3C)cc1OC. The van der Waals surface area contributed by atoms with Gasteiger partial charge in [-0.2, -0.15) is 0 Å². The smallest absolute Gasteiger partial charge is 0.332 e. The van der Waals surface area contributed by atoms with Gasteiger partial charge >= 0.3 is 5.69 Å². The van der Waals surface area contributed by atoms with E-state index in [1.165, 1.54) is 30.9 Å². The largest absolute Gasteiger partial charge is 0.493 e. The average Bonchev–Trinajstić information content (AvgIpc) is 2.76. The first-order valence-corrected chi connectivity index (χ1v) is 9.82. The lowest BCUT2D eigenvalue weighted by molar-refractivity contribution is 0.0954. The highest BCUT2D eigenvalue weighted by Crippen LogP contribution is 2.33. The minimum atomic E-state index is -0.496. The van der Waals surface area contributed by atoms with E-state index in [4.69, 9.17) is 9.47 Å². The van der Waals surface area contributed by atoms with Gasteiger partial charge in [-0.3, -0.25) is 18.7 Å². The third kappa shape index (κ3) is 3.95. The lowest BCUT2D eigenvalue weighted by Crippen LogP contribution is -2.37. The van der Waals surface area contributed by atoms with E-state index in [9.17, 15) is 14.4 Å². The van der Waals surface area contributed by atoms with E-state index in [-0.39, 0.29) is 22.5 Å². The van der Waals surface area contributed by atoms with E-state index in [1.54, 1.807) is 14.2 Å². The van der Waals surface area contributed by atoms with Crippen LogP contribution in [0.5, 0.6) is 11.5 Å². The summed E-state index contributed by atoms with van der Waals surface area (Å²) in [5.41, 5.74) is 0.439. The molecule has 1 aromatic carbocycles. The number of hydrogen-bond acceptors (Lipinski definition) is 6. The summed E-state index contributed by atoms with van der Waals surface area (Å²) in [5, 5.41) is 3.02. The Labute approximate surface area is 180 Å². The van der Waals surface area contributed by atoms with Crippen LogP contribution in [0.2, 0.25) is 0 Å². The molecule has 10 heteroatoms. The van der Waals surface area contributed by atoms with E-state index in [1.807, 2.05) is 12.1 Å². The molecular weight excluding hydrogens is 456 g/mol. The van der Waals surface area contributed by atoms with Crippen molar-refractivity contribution in [2.24, 2.45) is 14.1 Å². The Hall–Kier alpha value is -3.14. The van der Waals surface area contributed by atoms with Crippen LogP contribution in [0.3, 0.4) is 0 Å². The molecule has 2 aromatic heterocycles. The Kier molecular flexibility index (Phi) is 6.25. The van der Waals surface area contributed by atoms with E-state index >= 15 is 0 Å². The summed E-state index contributed by atoms with van der Waals surface area (Å²) < 4.78 is 13.7. The number of methoxy groups -OCH3 is 2. The number of nitrogens with zero attached hydrogens (tertiary/aromatic N) is 3. The summed E-state index contributed by atoms with van der Waals surface area (Å²) in [6, 6.07) is 5.10. The molecule has 0 aliphatic heterocycles. The highest BCUT2D eigenvalue weighted by Gasteiger charge is 2.14. The van der Waals surface area contributed by atoms with Crippen LogP contribution in [0.15, 0.2) is 38.5 Å². The van der Waals surface area contributed by atoms with E-state index in [2.05, 4.69) is 26.2 Å². The van der Waals surface area contributed by atoms with E-state index in [0.717, 1.165) is 14.6 Å². The number of aromatic nitrogens is 3. The van der Waals surface area contributed by atoms with Crippen molar-refractivity contribution in [2.75, 3.05) is 20.8 Å². The van der Waals surface area contributed by atoms with Crippen molar-refractivity contribution in [3.05, 3.63) is 60.8 Å². The van der Waals surface area contributed by atoms with Gasteiger partial charge in [0.2, 0.25) is 0 Å². The van der Waals surface area contributed by atoms with Gasteiger partial charge in [-0.1, -0.05) is 15.9 Å². The molecule has 0 unspecified atom stereocenters. The Morgan fingerprint density at radius 1 is 1.10 bits per heavy atom. The standard InChI is InChI=1S/C20H21BrN4O5/c1-24-17-13(19(27)25(2)20(24)28)7-12(10-23-17)18(26)22-6-5-11-8-15(29-3)16(30-4)9-14(11)21/h7-10H,5-6H2,1-4H3,(H,22,26). The second kappa shape index (κ2) is 8.70. The summed E-state index contributed by atoms with van der Waals surface area (Å²) in [7, 11) is 6.03. The van der Waals surface area contributed by atoms with E-state index in [0.29, 0.717) is 24.5 Å². The summed E-state index contributed by atoms with van der Waals surface area (Å²) in [6.07, 6.45) is 1.90. The number of rotatable bonds is 6. The van der Waals surface area contributed by atoms with Crippen LogP contribution >= 0.6 is 15.9 Å². The Bertz CT molecular complexity index is 1250. The third-order valence-electron chi connectivity index (χ3n) is 4.79. The topological polar surface area (TPSA) is 104 Å². The molecule has 0 radical (unpaired) electrons. The summed E-state index contributed by atoms with van der Waals surface area (Å²) in [4.78, 5) is 41.1. The normalized spacial score (nSPS) is 10.8. The van der Waals surface area contributed by atoms with Crippen LogP contribution in [-0.2, 0) is 20.5 Å². The molecule has 3 rings (SSSR count). The number of nitrogens with one attached hydrogen (secondary N) is 1. The maximum atomic E-state index is 12.6. The monoisotopic (exact) mass is 476 g/mol. The molecule has 9 nitrogen and oxygen atoms in total. The number of pyridine rings is 1. The molecule has 0 spiro atoms. The van der Waals surface area contributed by atoms with Crippen molar-refractivity contribution >= 4 is 32.9 Å². The molecule has 3 aromatic rings. The summed E-state index contributed by atoms with van der Waals surface area (Å²) >= 11 is 3.49. The Balaban J connectivity index is 1.78. The van der Waals surface area contributed by atoms with Gasteiger partial charge in [0.15, 0.2) is 11.5 Å². The Morgan fingerprint density at radius 2 is 1.77 bits per heavy atom. The van der Waals surface area contributed by atoms with Crippen molar-refractivity contribution in [3.8, 4) is 11.5 Å². The van der Waals surface area contributed by atoms with Gasteiger partial charge in [-0.15, -0.1) is 0 Å². The predicted octanol–water partition coefficient (Wildman–Crippen LogP) is 1.38. The number of halogens is 1. The van der Waals surface area contributed by atoms with Gasteiger partial charge < -0.3 is 14.8 Å². The lowest BCUT2D eigenvalue weighted by Gasteiger charge is -2.12. The molecule has 158 valence electrons. The molecule has 0 aliphatic rings. The number of carbonyl (C=O) groups is 1. The zero-order chi connectivity index (χ0) is 22.0. The molecule has 2 heterocycles. The number of benzene rings is 1. The summed E-state index contributed by atoms with van der Waals surface area (Å²) in [5.74, 6) is 0.842. The molecular formula is C20H21BrN4O5. The highest BCUT2D eigenvalue weighted by molar-refractivity contribution is 9.10. The molecule has 1 N–H and O–H groups in total. The zero-order valence-electron chi connectivity index (χ0n) is 17.0. The van der Waals surface area contributed by atoms with Gasteiger partial charge in [0.05, 0.1) is 25.2 Å². The maximum absolute atomic E-state index is 12.6. The van der Waals surface area contributed by atoms with Crippen LogP contribution in [0.1, 0.15) is 15.9 Å². The quantitative estimate of drug-likeness (QED) is 0.576. The molecule has 0 atom stereocenters. The zero-order valence-corrected chi connectivity index (χ0v) is 18.6.